The van der Waals surface area contributed by atoms with Crippen molar-refractivity contribution in [3.8, 4) is 0 Å². The summed E-state index contributed by atoms with van der Waals surface area (Å²) in [6.07, 6.45) is -15.2. The summed E-state index contributed by atoms with van der Waals surface area (Å²) < 4.78 is 137. The van der Waals surface area contributed by atoms with Gasteiger partial charge in [-0.2, -0.15) is 39.5 Å². The molecule has 220 valence electrons. The monoisotopic (exact) mass is 599 g/mol. The molecule has 4 rings (SSSR count). The second-order valence-electron chi connectivity index (χ2n) is 9.37. The minimum Gasteiger partial charge on any atom is -0.338 e. The Hall–Kier alpha value is -4.35. The van der Waals surface area contributed by atoms with Crippen LogP contribution in [-0.4, -0.2) is 5.91 Å². The average molecular weight is 599 g/mol. The highest BCUT2D eigenvalue weighted by molar-refractivity contribution is 5.95. The number of rotatable bonds is 6. The Morgan fingerprint density at radius 2 is 1.00 bits per heavy atom. The maximum Gasteiger partial charge on any atom is 0.416 e. The molecule has 42 heavy (non-hydrogen) atoms. The van der Waals surface area contributed by atoms with Crippen molar-refractivity contribution >= 4 is 5.91 Å². The van der Waals surface area contributed by atoms with Gasteiger partial charge in [0.25, 0.3) is 5.91 Å². The Kier molecular flexibility index (Phi) is 8.12. The van der Waals surface area contributed by atoms with Crippen LogP contribution in [0, 0.1) is 5.82 Å². The number of carbonyl (C=O) groups excluding carboxylic acids is 1. The molecule has 0 unspecified atom stereocenters. The molecular formula is C30H19F10NO. The molecule has 0 aliphatic rings. The summed E-state index contributed by atoms with van der Waals surface area (Å²) in [4.78, 5) is 13.5. The highest BCUT2D eigenvalue weighted by atomic mass is 19.4. The molecule has 0 aliphatic heterocycles. The third-order valence-electron chi connectivity index (χ3n) is 6.54. The minimum absolute atomic E-state index is 0.218. The number of hydrogen-bond acceptors (Lipinski definition) is 1. The first kappa shape index (κ1) is 30.6. The lowest BCUT2D eigenvalue weighted by Crippen LogP contribution is -2.49. The molecule has 2 nitrogen and oxygen atoms in total. The molecule has 0 atom stereocenters. The van der Waals surface area contributed by atoms with E-state index in [1.54, 1.807) is 6.07 Å². The second-order valence-corrected chi connectivity index (χ2v) is 9.37. The molecule has 1 amide bonds. The number of nitrogens with one attached hydrogen (secondary N) is 1. The van der Waals surface area contributed by atoms with Crippen LogP contribution < -0.4 is 5.32 Å². The molecule has 0 spiro atoms. The van der Waals surface area contributed by atoms with Crippen LogP contribution in [0.15, 0.2) is 97.1 Å². The third kappa shape index (κ3) is 6.58. The second kappa shape index (κ2) is 11.1. The van der Waals surface area contributed by atoms with Gasteiger partial charge in [0.1, 0.15) is 5.82 Å². The van der Waals surface area contributed by atoms with Crippen molar-refractivity contribution in [2.75, 3.05) is 0 Å². The molecule has 0 aromatic heterocycles. The van der Waals surface area contributed by atoms with Crippen LogP contribution in [0.1, 0.15) is 43.7 Å². The van der Waals surface area contributed by atoms with Crippen molar-refractivity contribution in [2.45, 2.75) is 30.5 Å². The van der Waals surface area contributed by atoms with Gasteiger partial charge in [-0.1, -0.05) is 54.6 Å². The van der Waals surface area contributed by atoms with Crippen LogP contribution in [-0.2, 0) is 30.5 Å². The van der Waals surface area contributed by atoms with Gasteiger partial charge in [0.2, 0.25) is 0 Å². The first-order chi connectivity index (χ1) is 19.5. The summed E-state index contributed by atoms with van der Waals surface area (Å²) >= 11 is 0. The zero-order valence-corrected chi connectivity index (χ0v) is 21.1. The molecule has 0 heterocycles. The van der Waals surface area contributed by atoms with Gasteiger partial charge in [-0.25, -0.2) is 4.39 Å². The minimum atomic E-state index is -4.98. The quantitative estimate of drug-likeness (QED) is 0.221. The first-order valence-electron chi connectivity index (χ1n) is 12.1. The van der Waals surface area contributed by atoms with Crippen LogP contribution in [0.25, 0.3) is 0 Å². The molecular weight excluding hydrogens is 580 g/mol. The number of alkyl halides is 9. The summed E-state index contributed by atoms with van der Waals surface area (Å²) in [5.41, 5.74) is -7.52. The summed E-state index contributed by atoms with van der Waals surface area (Å²) in [6.45, 7) is 0. The lowest BCUT2D eigenvalue weighted by atomic mass is 9.76. The Bertz CT molecular complexity index is 1520. The van der Waals surface area contributed by atoms with E-state index in [4.69, 9.17) is 0 Å². The molecule has 4 aromatic rings. The van der Waals surface area contributed by atoms with E-state index in [0.29, 0.717) is 42.0 Å². The maximum absolute atomic E-state index is 14.7. The number of halogens is 10. The van der Waals surface area contributed by atoms with E-state index < -0.39 is 64.5 Å². The van der Waals surface area contributed by atoms with E-state index in [0.717, 1.165) is 24.3 Å². The van der Waals surface area contributed by atoms with Gasteiger partial charge in [-0.3, -0.25) is 4.79 Å². The molecule has 12 heteroatoms. The summed E-state index contributed by atoms with van der Waals surface area (Å²) in [6, 6.07) is 15.5. The van der Waals surface area contributed by atoms with Crippen LogP contribution in [0.2, 0.25) is 0 Å². The largest absolute Gasteiger partial charge is 0.416 e. The van der Waals surface area contributed by atoms with E-state index in [1.807, 2.05) is 0 Å². The number of hydrogen-bond donors (Lipinski definition) is 1. The summed E-state index contributed by atoms with van der Waals surface area (Å²) in [5, 5.41) is 2.32. The molecule has 0 aliphatic carbocycles. The van der Waals surface area contributed by atoms with Gasteiger partial charge in [0, 0.05) is 6.42 Å². The summed E-state index contributed by atoms with van der Waals surface area (Å²) in [5.74, 6) is -2.88. The third-order valence-corrected chi connectivity index (χ3v) is 6.54. The zero-order chi connectivity index (χ0) is 30.9. The van der Waals surface area contributed by atoms with Gasteiger partial charge >= 0.3 is 18.5 Å². The lowest BCUT2D eigenvalue weighted by Gasteiger charge is -2.37. The van der Waals surface area contributed by atoms with Crippen molar-refractivity contribution < 1.29 is 48.7 Å². The van der Waals surface area contributed by atoms with E-state index in [9.17, 15) is 48.7 Å². The Morgan fingerprint density at radius 3 is 1.48 bits per heavy atom. The smallest absolute Gasteiger partial charge is 0.338 e. The van der Waals surface area contributed by atoms with E-state index in [1.165, 1.54) is 24.3 Å². The van der Waals surface area contributed by atoms with Gasteiger partial charge < -0.3 is 5.32 Å². The fraction of sp³-hybridized carbons (Fsp3) is 0.167. The Labute approximate surface area is 232 Å². The predicted molar refractivity (Wildman–Crippen MR) is 133 cm³/mol. The van der Waals surface area contributed by atoms with Crippen molar-refractivity contribution in [2.24, 2.45) is 0 Å². The van der Waals surface area contributed by atoms with Gasteiger partial charge in [0.05, 0.1) is 27.8 Å². The first-order valence-corrected chi connectivity index (χ1v) is 12.1. The highest BCUT2D eigenvalue weighted by Gasteiger charge is 2.42. The lowest BCUT2D eigenvalue weighted by molar-refractivity contribution is -0.138. The molecule has 0 radical (unpaired) electrons. The molecule has 0 saturated heterocycles. The Morgan fingerprint density at radius 1 is 0.548 bits per heavy atom. The molecule has 0 bridgehead atoms. The van der Waals surface area contributed by atoms with E-state index in [-0.39, 0.29) is 17.2 Å². The van der Waals surface area contributed by atoms with Crippen LogP contribution in [0.4, 0.5) is 43.9 Å². The SMILES string of the molecule is O=C(NC(Cc1ccccc1)(c1cccc(C(F)(F)F)c1)c1cccc(C(F)(F)F)c1)c1cc(C(F)(F)F)ccc1F. The van der Waals surface area contributed by atoms with Crippen molar-refractivity contribution in [1.82, 2.24) is 5.32 Å². The van der Waals surface area contributed by atoms with Crippen LogP contribution in [0.5, 0.6) is 0 Å². The van der Waals surface area contributed by atoms with Crippen LogP contribution in [0.3, 0.4) is 0 Å². The number of carbonyl (C=O) groups is 1. The van der Waals surface area contributed by atoms with E-state index in [2.05, 4.69) is 5.32 Å². The molecule has 0 saturated carbocycles. The van der Waals surface area contributed by atoms with Gasteiger partial charge in [-0.05, 0) is 59.2 Å². The highest BCUT2D eigenvalue weighted by Crippen LogP contribution is 2.40. The number of benzene rings is 4. The fourth-order valence-electron chi connectivity index (χ4n) is 4.52. The standard InChI is InChI=1S/C30H19F10NO/c31-25-13-12-23(30(38,39)40)16-24(25)26(42)41-27(17-18-6-2-1-3-7-18,19-8-4-10-21(14-19)28(32,33)34)20-9-5-11-22(15-20)29(35,36)37/h1-16H,17H2,(H,41,42). The van der Waals surface area contributed by atoms with E-state index >= 15 is 0 Å². The number of amides is 1. The molecule has 4 aromatic carbocycles. The fourth-order valence-corrected chi connectivity index (χ4v) is 4.52. The van der Waals surface area contributed by atoms with Crippen molar-refractivity contribution in [3.63, 3.8) is 0 Å². The van der Waals surface area contributed by atoms with Gasteiger partial charge in [-0.15, -0.1) is 0 Å². The average Bonchev–Trinajstić information content (AvgIpc) is 2.92. The van der Waals surface area contributed by atoms with Crippen molar-refractivity contribution in [1.29, 1.82) is 0 Å². The van der Waals surface area contributed by atoms with Gasteiger partial charge in [0.15, 0.2) is 0 Å². The topological polar surface area (TPSA) is 29.1 Å². The Balaban J connectivity index is 2.02. The van der Waals surface area contributed by atoms with Crippen LogP contribution >= 0.6 is 0 Å². The predicted octanol–water partition coefficient (Wildman–Crippen LogP) is 8.80. The summed E-state index contributed by atoms with van der Waals surface area (Å²) in [7, 11) is 0. The normalized spacial score (nSPS) is 12.7. The molecule has 1 N–H and O–H groups in total. The maximum atomic E-state index is 14.7. The zero-order valence-electron chi connectivity index (χ0n) is 21.1. The van der Waals surface area contributed by atoms with Crippen molar-refractivity contribution in [3.05, 3.63) is 142 Å². The molecule has 0 fully saturated rings.